The molecule has 1 unspecified atom stereocenters. The highest BCUT2D eigenvalue weighted by Gasteiger charge is 2.40. The summed E-state index contributed by atoms with van der Waals surface area (Å²) in [4.78, 5) is 15.1. The molecule has 1 aromatic heterocycles. The van der Waals surface area contributed by atoms with E-state index >= 15 is 0 Å². The summed E-state index contributed by atoms with van der Waals surface area (Å²) >= 11 is 0. The van der Waals surface area contributed by atoms with Crippen LogP contribution in [0.4, 0.5) is 0 Å². The summed E-state index contributed by atoms with van der Waals surface area (Å²) < 4.78 is 0. The predicted molar refractivity (Wildman–Crippen MR) is 83.3 cm³/mol. The molecule has 1 spiro atoms. The van der Waals surface area contributed by atoms with Crippen molar-refractivity contribution in [3.8, 4) is 11.1 Å². The molecule has 2 aliphatic rings. The van der Waals surface area contributed by atoms with Crippen molar-refractivity contribution in [2.24, 2.45) is 4.99 Å². The van der Waals surface area contributed by atoms with Crippen LogP contribution in [0.2, 0.25) is 0 Å². The van der Waals surface area contributed by atoms with Crippen LogP contribution in [0, 0.1) is 0 Å². The third-order valence-corrected chi connectivity index (χ3v) is 4.89. The number of hydrogen-bond donors (Lipinski definition) is 0. The molecular weight excluding hydrogens is 260 g/mol. The van der Waals surface area contributed by atoms with Crippen LogP contribution in [0.15, 0.2) is 41.9 Å². The molecule has 0 saturated heterocycles. The lowest BCUT2D eigenvalue weighted by atomic mass is 9.75. The Morgan fingerprint density at radius 2 is 2.05 bits per heavy atom. The Hall–Kier alpha value is -2.23. The lowest BCUT2D eigenvalue weighted by molar-refractivity contribution is 0.213. The van der Waals surface area contributed by atoms with E-state index in [1.165, 1.54) is 16.7 Å². The summed E-state index contributed by atoms with van der Waals surface area (Å²) in [5.74, 6) is 0. The molecule has 4 rings (SSSR count). The SMILES string of the molecule is CN1C=NCC12CCc1c(cccc1-c1cncnc1)C2. The highest BCUT2D eigenvalue weighted by molar-refractivity contribution is 5.68. The number of hydrogen-bond acceptors (Lipinski definition) is 4. The van der Waals surface area contributed by atoms with Gasteiger partial charge in [-0.3, -0.25) is 4.99 Å². The molecule has 1 aromatic carbocycles. The second-order valence-corrected chi connectivity index (χ2v) is 6.04. The molecule has 0 N–H and O–H groups in total. The van der Waals surface area contributed by atoms with Gasteiger partial charge < -0.3 is 4.90 Å². The van der Waals surface area contributed by atoms with E-state index in [4.69, 9.17) is 0 Å². The summed E-state index contributed by atoms with van der Waals surface area (Å²) in [6.07, 6.45) is 10.7. The van der Waals surface area contributed by atoms with Gasteiger partial charge in [-0.15, -0.1) is 0 Å². The van der Waals surface area contributed by atoms with Crippen molar-refractivity contribution < 1.29 is 0 Å². The number of benzene rings is 1. The molecule has 4 nitrogen and oxygen atoms in total. The largest absolute Gasteiger partial charge is 0.358 e. The fourth-order valence-electron chi connectivity index (χ4n) is 3.61. The van der Waals surface area contributed by atoms with Crippen LogP contribution in [-0.2, 0) is 12.8 Å². The van der Waals surface area contributed by atoms with Crippen molar-refractivity contribution in [3.63, 3.8) is 0 Å². The normalized spacial score (nSPS) is 23.6. The fourth-order valence-corrected chi connectivity index (χ4v) is 3.61. The molecular formula is C17H18N4. The van der Waals surface area contributed by atoms with Crippen molar-refractivity contribution >= 4 is 6.34 Å². The maximum Gasteiger partial charge on any atom is 0.115 e. The summed E-state index contributed by atoms with van der Waals surface area (Å²) in [7, 11) is 2.15. The average molecular weight is 278 g/mol. The van der Waals surface area contributed by atoms with E-state index in [-0.39, 0.29) is 5.54 Å². The molecule has 1 atom stereocenters. The minimum absolute atomic E-state index is 0.193. The number of likely N-dealkylation sites (N-methyl/N-ethyl adjacent to an activating group) is 1. The van der Waals surface area contributed by atoms with Gasteiger partial charge in [0.15, 0.2) is 0 Å². The molecule has 2 heterocycles. The molecule has 0 amide bonds. The molecule has 21 heavy (non-hydrogen) atoms. The Bertz CT molecular complexity index is 695. The minimum atomic E-state index is 0.193. The van der Waals surface area contributed by atoms with Gasteiger partial charge >= 0.3 is 0 Å². The van der Waals surface area contributed by atoms with Crippen LogP contribution in [0.1, 0.15) is 17.5 Å². The van der Waals surface area contributed by atoms with Crippen LogP contribution in [0.3, 0.4) is 0 Å². The van der Waals surface area contributed by atoms with E-state index in [1.807, 2.05) is 18.7 Å². The Labute approximate surface area is 124 Å². The zero-order valence-electron chi connectivity index (χ0n) is 12.2. The number of aliphatic imine (C=N–C) groups is 1. The van der Waals surface area contributed by atoms with Crippen LogP contribution in [0.25, 0.3) is 11.1 Å². The fraction of sp³-hybridized carbons (Fsp3) is 0.353. The Balaban J connectivity index is 1.75. The first-order chi connectivity index (χ1) is 10.3. The van der Waals surface area contributed by atoms with Gasteiger partial charge in [0.25, 0.3) is 0 Å². The van der Waals surface area contributed by atoms with Crippen molar-refractivity contribution in [1.82, 2.24) is 14.9 Å². The average Bonchev–Trinajstić information content (AvgIpc) is 2.88. The zero-order valence-corrected chi connectivity index (χ0v) is 12.2. The third kappa shape index (κ3) is 1.94. The van der Waals surface area contributed by atoms with E-state index in [0.717, 1.165) is 31.4 Å². The predicted octanol–water partition coefficient (Wildman–Crippen LogP) is 2.34. The second-order valence-electron chi connectivity index (χ2n) is 6.04. The van der Waals surface area contributed by atoms with Crippen LogP contribution >= 0.6 is 0 Å². The van der Waals surface area contributed by atoms with Crippen LogP contribution in [0.5, 0.6) is 0 Å². The lowest BCUT2D eigenvalue weighted by Crippen LogP contribution is -2.48. The first-order valence-electron chi connectivity index (χ1n) is 7.38. The first kappa shape index (κ1) is 12.5. The van der Waals surface area contributed by atoms with Crippen LogP contribution < -0.4 is 0 Å². The highest BCUT2D eigenvalue weighted by Crippen LogP contribution is 2.38. The Morgan fingerprint density at radius 3 is 2.81 bits per heavy atom. The Morgan fingerprint density at radius 1 is 1.19 bits per heavy atom. The number of fused-ring (bicyclic) bond motifs is 1. The highest BCUT2D eigenvalue weighted by atomic mass is 15.3. The molecule has 1 aliphatic carbocycles. The van der Waals surface area contributed by atoms with Gasteiger partial charge in [0, 0.05) is 25.0 Å². The smallest absolute Gasteiger partial charge is 0.115 e. The molecule has 0 saturated carbocycles. The van der Waals surface area contributed by atoms with Crippen molar-refractivity contribution in [1.29, 1.82) is 0 Å². The molecule has 0 radical (unpaired) electrons. The van der Waals surface area contributed by atoms with E-state index in [9.17, 15) is 0 Å². The quantitative estimate of drug-likeness (QED) is 0.804. The van der Waals surface area contributed by atoms with Gasteiger partial charge in [0.2, 0.25) is 0 Å². The topological polar surface area (TPSA) is 41.4 Å². The maximum atomic E-state index is 4.48. The van der Waals surface area contributed by atoms with Gasteiger partial charge in [0.1, 0.15) is 6.33 Å². The van der Waals surface area contributed by atoms with E-state index in [0.29, 0.717) is 0 Å². The number of nitrogens with zero attached hydrogens (tertiary/aromatic N) is 4. The van der Waals surface area contributed by atoms with E-state index < -0.39 is 0 Å². The van der Waals surface area contributed by atoms with Crippen molar-refractivity contribution in [2.75, 3.05) is 13.6 Å². The lowest BCUT2D eigenvalue weighted by Gasteiger charge is -2.40. The first-order valence-corrected chi connectivity index (χ1v) is 7.38. The van der Waals surface area contributed by atoms with Gasteiger partial charge in [-0.1, -0.05) is 18.2 Å². The second kappa shape index (κ2) is 4.65. The molecule has 1 aliphatic heterocycles. The molecule has 0 fully saturated rings. The zero-order chi connectivity index (χ0) is 14.3. The summed E-state index contributed by atoms with van der Waals surface area (Å²) in [5.41, 5.74) is 5.49. The number of aromatic nitrogens is 2. The summed E-state index contributed by atoms with van der Waals surface area (Å²) in [6.45, 7) is 0.918. The van der Waals surface area contributed by atoms with E-state index in [2.05, 4.69) is 45.1 Å². The monoisotopic (exact) mass is 278 g/mol. The molecule has 106 valence electrons. The van der Waals surface area contributed by atoms with Crippen molar-refractivity contribution in [2.45, 2.75) is 24.8 Å². The van der Waals surface area contributed by atoms with Gasteiger partial charge in [0.05, 0.1) is 18.4 Å². The molecule has 0 bridgehead atoms. The minimum Gasteiger partial charge on any atom is -0.358 e. The van der Waals surface area contributed by atoms with E-state index in [1.54, 1.807) is 6.33 Å². The van der Waals surface area contributed by atoms with Crippen molar-refractivity contribution in [3.05, 3.63) is 48.0 Å². The summed E-state index contributed by atoms with van der Waals surface area (Å²) in [6, 6.07) is 6.59. The Kier molecular flexibility index (Phi) is 2.77. The molecule has 4 heteroatoms. The standard InChI is InChI=1S/C17H18N4/c1-21-12-20-10-17(21)6-5-16-13(7-17)3-2-4-15(16)14-8-18-11-19-9-14/h2-4,8-9,11-12H,5-7,10H2,1H3. The van der Waals surface area contributed by atoms with Gasteiger partial charge in [-0.2, -0.15) is 0 Å². The van der Waals surface area contributed by atoms with Crippen LogP contribution in [-0.4, -0.2) is 40.3 Å². The van der Waals surface area contributed by atoms with Gasteiger partial charge in [-0.25, -0.2) is 9.97 Å². The third-order valence-electron chi connectivity index (χ3n) is 4.89. The number of rotatable bonds is 1. The molecule has 2 aromatic rings. The maximum absolute atomic E-state index is 4.48. The summed E-state index contributed by atoms with van der Waals surface area (Å²) in [5, 5.41) is 0. The van der Waals surface area contributed by atoms with Gasteiger partial charge in [-0.05, 0) is 36.0 Å².